The Kier molecular flexibility index (Phi) is 6.70. The van der Waals surface area contributed by atoms with Gasteiger partial charge in [-0.05, 0) is 31.9 Å². The van der Waals surface area contributed by atoms with Crippen molar-refractivity contribution in [2.75, 3.05) is 6.54 Å². The second kappa shape index (κ2) is 8.04. The molecule has 5 heteroatoms. The van der Waals surface area contributed by atoms with E-state index in [1.54, 1.807) is 0 Å². The van der Waals surface area contributed by atoms with Gasteiger partial charge in [-0.2, -0.15) is 13.2 Å². The van der Waals surface area contributed by atoms with Gasteiger partial charge < -0.3 is 5.32 Å². The molecule has 0 aromatic heterocycles. The van der Waals surface area contributed by atoms with Crippen LogP contribution < -0.4 is 5.32 Å². The molecule has 0 aliphatic rings. The zero-order chi connectivity index (χ0) is 15.9. The first-order chi connectivity index (χ1) is 9.91. The van der Waals surface area contributed by atoms with Crippen LogP contribution in [0.15, 0.2) is 18.2 Å². The van der Waals surface area contributed by atoms with E-state index in [2.05, 4.69) is 11.2 Å². The van der Waals surface area contributed by atoms with Crippen molar-refractivity contribution in [2.45, 2.75) is 44.8 Å². The van der Waals surface area contributed by atoms with Gasteiger partial charge >= 0.3 is 6.18 Å². The second-order valence-electron chi connectivity index (χ2n) is 4.81. The monoisotopic (exact) mass is 301 g/mol. The average molecular weight is 301 g/mol. The Morgan fingerprint density at radius 2 is 2.05 bits per heavy atom. The van der Waals surface area contributed by atoms with Crippen LogP contribution >= 0.6 is 0 Å². The van der Waals surface area contributed by atoms with Crippen LogP contribution in [0.4, 0.5) is 17.6 Å². The molecule has 116 valence electrons. The topological polar surface area (TPSA) is 12.0 Å². The Morgan fingerprint density at radius 1 is 1.33 bits per heavy atom. The molecule has 0 radical (unpaired) electrons. The van der Waals surface area contributed by atoms with E-state index in [4.69, 9.17) is 6.42 Å². The molecule has 0 saturated heterocycles. The molecule has 0 bridgehead atoms. The summed E-state index contributed by atoms with van der Waals surface area (Å²) in [6, 6.07) is 2.94. The van der Waals surface area contributed by atoms with Crippen molar-refractivity contribution in [1.29, 1.82) is 0 Å². The van der Waals surface area contributed by atoms with E-state index < -0.39 is 23.6 Å². The number of nitrogens with one attached hydrogen (secondary N) is 1. The van der Waals surface area contributed by atoms with Crippen molar-refractivity contribution in [3.63, 3.8) is 0 Å². The van der Waals surface area contributed by atoms with E-state index in [9.17, 15) is 17.6 Å². The number of unbranched alkanes of at least 4 members (excludes halogenated alkanes) is 1. The fraction of sp³-hybridized carbons (Fsp3) is 0.500. The highest BCUT2D eigenvalue weighted by molar-refractivity contribution is 5.30. The Balaban J connectivity index is 3.03. The summed E-state index contributed by atoms with van der Waals surface area (Å²) in [5.41, 5.74) is -1.17. The molecule has 0 saturated carbocycles. The lowest BCUT2D eigenvalue weighted by atomic mass is 9.98. The highest BCUT2D eigenvalue weighted by Crippen LogP contribution is 2.34. The smallest absolute Gasteiger partial charge is 0.310 e. The van der Waals surface area contributed by atoms with Gasteiger partial charge in [0.1, 0.15) is 5.82 Å². The molecule has 1 aromatic carbocycles. The number of halogens is 4. The zero-order valence-electron chi connectivity index (χ0n) is 11.9. The first-order valence-corrected chi connectivity index (χ1v) is 6.94. The van der Waals surface area contributed by atoms with Crippen molar-refractivity contribution in [2.24, 2.45) is 0 Å². The van der Waals surface area contributed by atoms with Crippen LogP contribution in [0.3, 0.4) is 0 Å². The molecule has 0 heterocycles. The highest BCUT2D eigenvalue weighted by Gasteiger charge is 2.35. The predicted octanol–water partition coefficient (Wildman–Crippen LogP) is 4.69. The Labute approximate surface area is 122 Å². The number of rotatable bonds is 7. The van der Waals surface area contributed by atoms with Crippen molar-refractivity contribution in [1.82, 2.24) is 5.32 Å². The van der Waals surface area contributed by atoms with Gasteiger partial charge in [-0.15, -0.1) is 12.3 Å². The molecule has 1 unspecified atom stereocenters. The number of hydrogen-bond donors (Lipinski definition) is 1. The normalized spacial score (nSPS) is 13.0. The first kappa shape index (κ1) is 17.5. The molecule has 1 atom stereocenters. The quantitative estimate of drug-likeness (QED) is 0.438. The van der Waals surface area contributed by atoms with Gasteiger partial charge in [-0.25, -0.2) is 4.39 Å². The summed E-state index contributed by atoms with van der Waals surface area (Å²) in [6.07, 6.45) is 2.95. The highest BCUT2D eigenvalue weighted by atomic mass is 19.4. The number of terminal acetylenes is 1. The Hall–Kier alpha value is -1.54. The van der Waals surface area contributed by atoms with Crippen LogP contribution in [0, 0.1) is 18.2 Å². The van der Waals surface area contributed by atoms with Crippen molar-refractivity contribution in [3.05, 3.63) is 35.1 Å². The van der Waals surface area contributed by atoms with E-state index >= 15 is 0 Å². The minimum atomic E-state index is -4.69. The summed E-state index contributed by atoms with van der Waals surface area (Å²) < 4.78 is 52.4. The third kappa shape index (κ3) is 5.05. The minimum absolute atomic E-state index is 0.0512. The van der Waals surface area contributed by atoms with Gasteiger partial charge in [-0.3, -0.25) is 0 Å². The van der Waals surface area contributed by atoms with Crippen molar-refractivity contribution in [3.8, 4) is 12.3 Å². The van der Waals surface area contributed by atoms with Crippen LogP contribution in [-0.2, 0) is 6.18 Å². The maximum atomic E-state index is 14.2. The van der Waals surface area contributed by atoms with E-state index in [1.165, 1.54) is 12.1 Å². The first-order valence-electron chi connectivity index (χ1n) is 6.94. The molecule has 0 fully saturated rings. The summed E-state index contributed by atoms with van der Waals surface area (Å²) >= 11 is 0. The molecule has 0 spiro atoms. The van der Waals surface area contributed by atoms with Gasteiger partial charge in [0.2, 0.25) is 0 Å². The van der Waals surface area contributed by atoms with E-state index in [1.807, 2.05) is 6.92 Å². The van der Waals surface area contributed by atoms with Crippen LogP contribution in [0.1, 0.15) is 49.8 Å². The van der Waals surface area contributed by atoms with Gasteiger partial charge in [0, 0.05) is 18.0 Å². The van der Waals surface area contributed by atoms with Crippen molar-refractivity contribution < 1.29 is 17.6 Å². The number of benzene rings is 1. The van der Waals surface area contributed by atoms with Gasteiger partial charge in [-0.1, -0.05) is 19.1 Å². The fourth-order valence-electron chi connectivity index (χ4n) is 2.13. The number of alkyl halides is 3. The third-order valence-corrected chi connectivity index (χ3v) is 3.16. The standard InChI is InChI=1S/C16H19F4N/c1-3-5-6-10-14(21-11-4-2)12-8-7-9-13(15(12)17)16(18,19)20/h1,7-9,14,21H,4-6,10-11H2,2H3. The van der Waals surface area contributed by atoms with Gasteiger partial charge in [0.05, 0.1) is 5.56 Å². The van der Waals surface area contributed by atoms with Crippen LogP contribution in [-0.4, -0.2) is 6.54 Å². The number of hydrogen-bond acceptors (Lipinski definition) is 1. The lowest BCUT2D eigenvalue weighted by Gasteiger charge is -2.21. The summed E-state index contributed by atoms with van der Waals surface area (Å²) in [7, 11) is 0. The summed E-state index contributed by atoms with van der Waals surface area (Å²) in [5, 5.41) is 3.09. The molecule has 1 aromatic rings. The van der Waals surface area contributed by atoms with Crippen molar-refractivity contribution >= 4 is 0 Å². The molecule has 1 N–H and O–H groups in total. The molecule has 21 heavy (non-hydrogen) atoms. The third-order valence-electron chi connectivity index (χ3n) is 3.16. The van der Waals surface area contributed by atoms with E-state index in [0.717, 1.165) is 12.5 Å². The molecular formula is C16H19F4N. The van der Waals surface area contributed by atoms with Crippen LogP contribution in [0.25, 0.3) is 0 Å². The maximum Gasteiger partial charge on any atom is 0.419 e. The predicted molar refractivity (Wildman–Crippen MR) is 75.1 cm³/mol. The molecule has 0 aliphatic heterocycles. The molecule has 0 aliphatic carbocycles. The van der Waals surface area contributed by atoms with E-state index in [0.29, 0.717) is 25.8 Å². The van der Waals surface area contributed by atoms with Gasteiger partial charge in [0.25, 0.3) is 0 Å². The van der Waals surface area contributed by atoms with Gasteiger partial charge in [0.15, 0.2) is 0 Å². The molecular weight excluding hydrogens is 282 g/mol. The second-order valence-corrected chi connectivity index (χ2v) is 4.81. The average Bonchev–Trinajstić information content (AvgIpc) is 2.42. The molecule has 0 amide bonds. The molecule has 1 rings (SSSR count). The summed E-state index contributed by atoms with van der Waals surface area (Å²) in [6.45, 7) is 2.55. The summed E-state index contributed by atoms with van der Waals surface area (Å²) in [4.78, 5) is 0. The lowest BCUT2D eigenvalue weighted by molar-refractivity contribution is -0.140. The minimum Gasteiger partial charge on any atom is -0.310 e. The largest absolute Gasteiger partial charge is 0.419 e. The lowest BCUT2D eigenvalue weighted by Crippen LogP contribution is -2.24. The SMILES string of the molecule is C#CCCCC(NCCC)c1cccc(C(F)(F)F)c1F. The molecule has 1 nitrogen and oxygen atoms in total. The Bertz CT molecular complexity index is 488. The maximum absolute atomic E-state index is 14.2. The van der Waals surface area contributed by atoms with Crippen LogP contribution in [0.5, 0.6) is 0 Å². The van der Waals surface area contributed by atoms with E-state index in [-0.39, 0.29) is 5.56 Å². The zero-order valence-corrected chi connectivity index (χ0v) is 11.9. The fourth-order valence-corrected chi connectivity index (χ4v) is 2.13. The summed E-state index contributed by atoms with van der Waals surface area (Å²) in [5.74, 6) is 1.28. The van der Waals surface area contributed by atoms with Crippen LogP contribution in [0.2, 0.25) is 0 Å². The Morgan fingerprint density at radius 3 is 2.62 bits per heavy atom.